The third-order valence-corrected chi connectivity index (χ3v) is 8.03. The highest BCUT2D eigenvalue weighted by Gasteiger charge is 2.43. The van der Waals surface area contributed by atoms with Gasteiger partial charge in [0.25, 0.3) is 0 Å². The van der Waals surface area contributed by atoms with Gasteiger partial charge in [0.15, 0.2) is 17.5 Å². The van der Waals surface area contributed by atoms with Crippen molar-refractivity contribution in [2.45, 2.75) is 51.6 Å². The largest absolute Gasteiger partial charge is 0.429 e. The monoisotopic (exact) mass is 666 g/mol. The minimum atomic E-state index is -4.34. The van der Waals surface area contributed by atoms with Crippen LogP contribution in [-0.4, -0.2) is 18.3 Å². The maximum Gasteiger partial charge on any atom is 0.429 e. The molecule has 47 heavy (non-hydrogen) atoms. The first-order valence-corrected chi connectivity index (χ1v) is 14.8. The van der Waals surface area contributed by atoms with Crippen molar-refractivity contribution in [1.82, 2.24) is 0 Å². The third-order valence-electron chi connectivity index (χ3n) is 8.03. The van der Waals surface area contributed by atoms with Crippen LogP contribution in [0.25, 0.3) is 22.3 Å². The van der Waals surface area contributed by atoms with Gasteiger partial charge in [0.1, 0.15) is 23.2 Å². The van der Waals surface area contributed by atoms with Crippen molar-refractivity contribution in [2.24, 2.45) is 5.41 Å². The summed E-state index contributed by atoms with van der Waals surface area (Å²) in [5.41, 5.74) is -2.72. The first-order chi connectivity index (χ1) is 22.1. The summed E-state index contributed by atoms with van der Waals surface area (Å²) in [5, 5.41) is 10.9. The molecule has 1 heterocycles. The molecule has 4 aromatic rings. The Kier molecular flexibility index (Phi) is 9.68. The molecule has 0 aromatic heterocycles. The van der Waals surface area contributed by atoms with Gasteiger partial charge in [0.2, 0.25) is 0 Å². The van der Waals surface area contributed by atoms with Gasteiger partial charge in [-0.1, -0.05) is 51.3 Å². The van der Waals surface area contributed by atoms with Crippen LogP contribution in [0.3, 0.4) is 0 Å². The number of halogens is 8. The molecule has 1 saturated heterocycles. The highest BCUT2D eigenvalue weighted by molar-refractivity contribution is 5.66. The zero-order valence-electron chi connectivity index (χ0n) is 25.3. The molecule has 0 aliphatic carbocycles. The van der Waals surface area contributed by atoms with E-state index in [0.29, 0.717) is 30.3 Å². The Bertz CT molecular complexity index is 1750. The van der Waals surface area contributed by atoms with Crippen molar-refractivity contribution in [1.29, 1.82) is 0 Å². The molecular weight excluding hydrogens is 636 g/mol. The Hall–Kier alpha value is -4.00. The molecule has 4 aromatic carbocycles. The molecule has 4 nitrogen and oxygen atoms in total. The van der Waals surface area contributed by atoms with Crippen molar-refractivity contribution in [3.05, 3.63) is 113 Å². The van der Waals surface area contributed by atoms with Gasteiger partial charge in [0.05, 0.1) is 18.8 Å². The Morgan fingerprint density at radius 1 is 0.723 bits per heavy atom. The average molecular weight is 667 g/mol. The second-order valence-corrected chi connectivity index (χ2v) is 11.8. The predicted molar refractivity (Wildman–Crippen MR) is 156 cm³/mol. The fraction of sp³-hybridized carbons (Fsp3) is 0.314. The molecule has 1 aliphatic rings. The lowest BCUT2D eigenvalue weighted by atomic mass is 9.85. The second kappa shape index (κ2) is 13.2. The Morgan fingerprint density at radius 2 is 1.32 bits per heavy atom. The van der Waals surface area contributed by atoms with Crippen molar-refractivity contribution in [2.75, 3.05) is 13.2 Å². The molecule has 0 amide bonds. The van der Waals surface area contributed by atoms with E-state index in [4.69, 9.17) is 9.47 Å². The smallest absolute Gasteiger partial charge is 0.429 e. The van der Waals surface area contributed by atoms with E-state index in [0.717, 1.165) is 49.9 Å². The van der Waals surface area contributed by atoms with E-state index < -0.39 is 69.4 Å². The summed E-state index contributed by atoms with van der Waals surface area (Å²) in [5.74, 6) is -11.5. The van der Waals surface area contributed by atoms with E-state index in [1.807, 2.05) is 6.92 Å². The minimum absolute atomic E-state index is 0.0423. The molecule has 5 rings (SSSR count). The van der Waals surface area contributed by atoms with Gasteiger partial charge < -0.3 is 19.3 Å². The summed E-state index contributed by atoms with van der Waals surface area (Å²) in [7, 11) is 0. The van der Waals surface area contributed by atoms with E-state index >= 15 is 17.6 Å². The average Bonchev–Trinajstić information content (AvgIpc) is 3.01. The van der Waals surface area contributed by atoms with Crippen LogP contribution < -0.4 is 4.74 Å². The van der Waals surface area contributed by atoms with Gasteiger partial charge in [-0.15, -0.1) is 0 Å². The Morgan fingerprint density at radius 3 is 1.91 bits per heavy atom. The maximum atomic E-state index is 15.2. The summed E-state index contributed by atoms with van der Waals surface area (Å²) in [6.45, 7) is 4.39. The van der Waals surface area contributed by atoms with Crippen LogP contribution in [0.4, 0.5) is 35.1 Å². The molecule has 0 radical (unpaired) electrons. The number of ether oxygens (including phenoxy) is 3. The zero-order valence-corrected chi connectivity index (χ0v) is 25.3. The fourth-order valence-corrected chi connectivity index (χ4v) is 5.31. The normalized spacial score (nSPS) is 20.0. The fourth-order valence-electron chi connectivity index (χ4n) is 5.31. The molecule has 1 fully saturated rings. The summed E-state index contributed by atoms with van der Waals surface area (Å²) in [4.78, 5) is 0. The molecule has 1 N–H and O–H groups in total. The second-order valence-electron chi connectivity index (χ2n) is 11.8. The first-order valence-electron chi connectivity index (χ1n) is 14.8. The molecule has 0 bridgehead atoms. The van der Waals surface area contributed by atoms with Crippen LogP contribution in [0.2, 0.25) is 0 Å². The lowest BCUT2D eigenvalue weighted by Crippen LogP contribution is -2.46. The summed E-state index contributed by atoms with van der Waals surface area (Å²) >= 11 is 0. The van der Waals surface area contributed by atoms with Crippen molar-refractivity contribution in [3.63, 3.8) is 0 Å². The molecule has 0 spiro atoms. The van der Waals surface area contributed by atoms with Gasteiger partial charge in [-0.2, -0.15) is 8.78 Å². The molecule has 0 saturated carbocycles. The molecule has 1 aliphatic heterocycles. The van der Waals surface area contributed by atoms with E-state index in [9.17, 15) is 22.7 Å². The van der Waals surface area contributed by atoms with Gasteiger partial charge in [-0.05, 0) is 60.0 Å². The molecule has 0 atom stereocenters. The van der Waals surface area contributed by atoms with Gasteiger partial charge in [-0.3, -0.25) is 0 Å². The quantitative estimate of drug-likeness (QED) is 0.104. The van der Waals surface area contributed by atoms with Crippen LogP contribution in [0.5, 0.6) is 5.75 Å². The maximum absolute atomic E-state index is 15.2. The van der Waals surface area contributed by atoms with Crippen molar-refractivity contribution >= 4 is 0 Å². The summed E-state index contributed by atoms with van der Waals surface area (Å²) in [6.07, 6.45) is -0.465. The third kappa shape index (κ3) is 7.29. The van der Waals surface area contributed by atoms with Gasteiger partial charge in [0, 0.05) is 28.2 Å². The number of alkyl halides is 2. The molecule has 0 unspecified atom stereocenters. The van der Waals surface area contributed by atoms with E-state index in [-0.39, 0.29) is 35.3 Å². The van der Waals surface area contributed by atoms with Crippen LogP contribution >= 0.6 is 0 Å². The van der Waals surface area contributed by atoms with Gasteiger partial charge >= 0.3 is 12.1 Å². The first kappa shape index (κ1) is 34.3. The Labute approximate surface area is 265 Å². The highest BCUT2D eigenvalue weighted by Crippen LogP contribution is 2.40. The number of aliphatic hydroxyl groups is 1. The van der Waals surface area contributed by atoms with Crippen LogP contribution in [-0.2, 0) is 21.6 Å². The molecule has 250 valence electrons. The lowest BCUT2D eigenvalue weighted by Gasteiger charge is -2.42. The number of rotatable bonds is 10. The van der Waals surface area contributed by atoms with Crippen LogP contribution in [0.15, 0.2) is 66.7 Å². The summed E-state index contributed by atoms with van der Waals surface area (Å²) < 4.78 is 131. The summed E-state index contributed by atoms with van der Waals surface area (Å²) in [6, 6.07) is 9.14. The van der Waals surface area contributed by atoms with Crippen LogP contribution in [0.1, 0.15) is 50.7 Å². The Balaban J connectivity index is 1.30. The number of hydrogen-bond acceptors (Lipinski definition) is 4. The topological polar surface area (TPSA) is 47.9 Å². The number of benzene rings is 4. The minimum Gasteiger partial charge on any atom is -0.429 e. The van der Waals surface area contributed by atoms with Gasteiger partial charge in [-0.25, -0.2) is 26.3 Å². The highest BCUT2D eigenvalue weighted by atomic mass is 19.3. The molecule has 12 heteroatoms. The SMILES string of the molecule is CCCCCC1(C)COC(O)(c2ccc(-c3ccc(C(F)(F)Oc4ccc(-c5cc(F)c(F)c(F)c5)c(F)c4)c(F)c3)c(F)c2)OC1. The lowest BCUT2D eigenvalue weighted by molar-refractivity contribution is -0.415. The van der Waals surface area contributed by atoms with E-state index in [1.165, 1.54) is 12.1 Å². The standard InChI is InChI=1S/C35H30F8O4/c1-3-4-5-12-33(2)18-45-35(44,46-19-33)22-7-9-24(27(36)16-22)20-6-11-26(29(38)13-20)34(42,43)47-23-8-10-25(28(37)17-23)21-14-30(39)32(41)31(40)15-21/h6-11,13-17,44H,3-5,12,18-19H2,1-2H3. The molecular formula is C35H30F8O4. The van der Waals surface area contributed by atoms with Crippen molar-refractivity contribution in [3.8, 4) is 28.0 Å². The van der Waals surface area contributed by atoms with Crippen molar-refractivity contribution < 1.29 is 54.4 Å². The number of hydrogen-bond donors (Lipinski definition) is 1. The van der Waals surface area contributed by atoms with Crippen LogP contribution in [0, 0.1) is 40.3 Å². The van der Waals surface area contributed by atoms with E-state index in [2.05, 4.69) is 11.7 Å². The van der Waals surface area contributed by atoms with E-state index in [1.54, 1.807) is 0 Å². The number of unbranched alkanes of at least 4 members (excludes halogenated alkanes) is 2. The zero-order chi connectivity index (χ0) is 34.1. The predicted octanol–water partition coefficient (Wildman–Crippen LogP) is 9.72.